The van der Waals surface area contributed by atoms with Gasteiger partial charge in [0.2, 0.25) is 0 Å². The molecule has 0 heterocycles. The smallest absolute Gasteiger partial charge is 0.308 e. The van der Waals surface area contributed by atoms with Gasteiger partial charge >= 0.3 is 5.97 Å². The molecule has 1 fully saturated rings. The van der Waals surface area contributed by atoms with E-state index in [1.54, 1.807) is 0 Å². The van der Waals surface area contributed by atoms with Gasteiger partial charge in [-0.3, -0.25) is 4.79 Å². The summed E-state index contributed by atoms with van der Waals surface area (Å²) in [4.78, 5) is 11.5. The van der Waals surface area contributed by atoms with E-state index in [1.807, 2.05) is 6.07 Å². The molecular formula is C15H22ClNO2. The van der Waals surface area contributed by atoms with Crippen molar-refractivity contribution in [1.82, 2.24) is 0 Å². The number of carbonyl (C=O) groups is 1. The van der Waals surface area contributed by atoms with Crippen molar-refractivity contribution in [2.45, 2.75) is 31.7 Å². The van der Waals surface area contributed by atoms with E-state index in [9.17, 15) is 4.79 Å². The van der Waals surface area contributed by atoms with Crippen LogP contribution in [0.15, 0.2) is 30.3 Å². The number of ether oxygens (including phenoxy) is 1. The van der Waals surface area contributed by atoms with Crippen LogP contribution in [0.1, 0.15) is 24.8 Å². The summed E-state index contributed by atoms with van der Waals surface area (Å²) >= 11 is 0. The molecule has 19 heavy (non-hydrogen) atoms. The maximum absolute atomic E-state index is 11.5. The van der Waals surface area contributed by atoms with Crippen molar-refractivity contribution >= 4 is 18.4 Å². The third-order valence-electron chi connectivity index (χ3n) is 3.92. The molecule has 2 rings (SSSR count). The standard InChI is InChI=1S/C15H21NO2.ClH/c1-18-15(17)13-8-7-12(14(16)10-13)9-11-5-3-2-4-6-11;/h2-6,12-14H,7-10,16H2,1H3;1H/t12-,13-,14+;/m0./s1. The molecular weight excluding hydrogens is 262 g/mol. The molecule has 1 aliphatic rings. The van der Waals surface area contributed by atoms with Gasteiger partial charge in [-0.15, -0.1) is 12.4 Å². The Morgan fingerprint density at radius 3 is 2.58 bits per heavy atom. The summed E-state index contributed by atoms with van der Waals surface area (Å²) in [6.45, 7) is 0. The predicted octanol–water partition coefficient (Wildman–Crippen LogP) is 2.57. The molecule has 3 nitrogen and oxygen atoms in total. The van der Waals surface area contributed by atoms with Crippen molar-refractivity contribution in [2.24, 2.45) is 17.6 Å². The summed E-state index contributed by atoms with van der Waals surface area (Å²) in [7, 11) is 1.45. The Balaban J connectivity index is 0.00000180. The van der Waals surface area contributed by atoms with Gasteiger partial charge < -0.3 is 10.5 Å². The molecule has 1 aromatic carbocycles. The highest BCUT2D eigenvalue weighted by Gasteiger charge is 2.32. The Labute approximate surface area is 120 Å². The number of methoxy groups -OCH3 is 1. The minimum atomic E-state index is -0.108. The highest BCUT2D eigenvalue weighted by Crippen LogP contribution is 2.31. The fourth-order valence-corrected chi connectivity index (χ4v) is 2.82. The summed E-state index contributed by atoms with van der Waals surface area (Å²) in [5.41, 5.74) is 7.53. The fraction of sp³-hybridized carbons (Fsp3) is 0.533. The van der Waals surface area contributed by atoms with E-state index in [2.05, 4.69) is 24.3 Å². The molecule has 0 bridgehead atoms. The van der Waals surface area contributed by atoms with E-state index in [-0.39, 0.29) is 30.3 Å². The minimum absolute atomic E-state index is 0. The van der Waals surface area contributed by atoms with Gasteiger partial charge in [0.15, 0.2) is 0 Å². The van der Waals surface area contributed by atoms with Crippen LogP contribution in [-0.2, 0) is 16.0 Å². The average Bonchev–Trinajstić information content (AvgIpc) is 2.41. The van der Waals surface area contributed by atoms with E-state index in [4.69, 9.17) is 10.5 Å². The molecule has 106 valence electrons. The van der Waals surface area contributed by atoms with Crippen LogP contribution in [0.25, 0.3) is 0 Å². The summed E-state index contributed by atoms with van der Waals surface area (Å²) in [5, 5.41) is 0. The molecule has 1 aliphatic carbocycles. The normalized spacial score (nSPS) is 26.3. The third-order valence-corrected chi connectivity index (χ3v) is 3.92. The Morgan fingerprint density at radius 1 is 1.32 bits per heavy atom. The van der Waals surface area contributed by atoms with E-state index >= 15 is 0 Å². The summed E-state index contributed by atoms with van der Waals surface area (Å²) in [6.07, 6.45) is 3.67. The van der Waals surface area contributed by atoms with Crippen molar-refractivity contribution in [2.75, 3.05) is 7.11 Å². The Kier molecular flexibility index (Phi) is 6.32. The molecule has 0 unspecified atom stereocenters. The molecule has 0 aromatic heterocycles. The zero-order valence-corrected chi connectivity index (χ0v) is 12.1. The third kappa shape index (κ3) is 4.22. The molecule has 1 saturated carbocycles. The highest BCUT2D eigenvalue weighted by molar-refractivity contribution is 5.85. The van der Waals surface area contributed by atoms with Crippen LogP contribution in [-0.4, -0.2) is 19.1 Å². The molecule has 0 spiro atoms. The van der Waals surface area contributed by atoms with Crippen LogP contribution in [0, 0.1) is 11.8 Å². The molecule has 2 N–H and O–H groups in total. The van der Waals surface area contributed by atoms with Crippen molar-refractivity contribution < 1.29 is 9.53 Å². The zero-order valence-electron chi connectivity index (χ0n) is 11.2. The zero-order chi connectivity index (χ0) is 13.0. The number of rotatable bonds is 3. The van der Waals surface area contributed by atoms with Crippen LogP contribution in [0.2, 0.25) is 0 Å². The SMILES string of the molecule is COC(=O)[C@H]1CC[C@@H](Cc2ccccc2)[C@H](N)C1.Cl. The fourth-order valence-electron chi connectivity index (χ4n) is 2.82. The van der Waals surface area contributed by atoms with Crippen LogP contribution in [0.3, 0.4) is 0 Å². The number of hydrogen-bond donors (Lipinski definition) is 1. The molecule has 4 heteroatoms. The van der Waals surface area contributed by atoms with Crippen molar-refractivity contribution in [3.05, 3.63) is 35.9 Å². The summed E-state index contributed by atoms with van der Waals surface area (Å²) in [5.74, 6) is 0.369. The van der Waals surface area contributed by atoms with Crippen molar-refractivity contribution in [1.29, 1.82) is 0 Å². The lowest BCUT2D eigenvalue weighted by molar-refractivity contribution is -0.147. The van der Waals surface area contributed by atoms with E-state index in [1.165, 1.54) is 12.7 Å². The first-order valence-corrected chi connectivity index (χ1v) is 6.58. The molecule has 3 atom stereocenters. The van der Waals surface area contributed by atoms with Gasteiger partial charge in [-0.2, -0.15) is 0 Å². The number of esters is 1. The lowest BCUT2D eigenvalue weighted by Crippen LogP contribution is -2.40. The molecule has 0 amide bonds. The van der Waals surface area contributed by atoms with Gasteiger partial charge in [-0.1, -0.05) is 30.3 Å². The quantitative estimate of drug-likeness (QED) is 0.868. The highest BCUT2D eigenvalue weighted by atomic mass is 35.5. The van der Waals surface area contributed by atoms with Crippen LogP contribution >= 0.6 is 12.4 Å². The minimum Gasteiger partial charge on any atom is -0.469 e. The summed E-state index contributed by atoms with van der Waals surface area (Å²) < 4.78 is 4.80. The second kappa shape index (κ2) is 7.51. The van der Waals surface area contributed by atoms with E-state index in [0.29, 0.717) is 5.92 Å². The van der Waals surface area contributed by atoms with Crippen LogP contribution in [0.4, 0.5) is 0 Å². The Bertz CT molecular complexity index is 396. The Morgan fingerprint density at radius 2 is 2.00 bits per heavy atom. The van der Waals surface area contributed by atoms with Gasteiger partial charge in [0.25, 0.3) is 0 Å². The van der Waals surface area contributed by atoms with Gasteiger partial charge in [0, 0.05) is 6.04 Å². The monoisotopic (exact) mass is 283 g/mol. The first-order chi connectivity index (χ1) is 8.70. The van der Waals surface area contributed by atoms with Crippen molar-refractivity contribution in [3.63, 3.8) is 0 Å². The van der Waals surface area contributed by atoms with Crippen molar-refractivity contribution in [3.8, 4) is 0 Å². The number of carbonyl (C=O) groups excluding carboxylic acids is 1. The average molecular weight is 284 g/mol. The molecule has 0 aliphatic heterocycles. The predicted molar refractivity (Wildman–Crippen MR) is 78.2 cm³/mol. The topological polar surface area (TPSA) is 52.3 Å². The van der Waals surface area contributed by atoms with Crippen LogP contribution in [0.5, 0.6) is 0 Å². The number of benzene rings is 1. The number of nitrogens with two attached hydrogens (primary N) is 1. The largest absolute Gasteiger partial charge is 0.469 e. The molecule has 1 aromatic rings. The second-order valence-corrected chi connectivity index (χ2v) is 5.15. The maximum Gasteiger partial charge on any atom is 0.308 e. The van der Waals surface area contributed by atoms with Gasteiger partial charge in [-0.25, -0.2) is 0 Å². The first-order valence-electron chi connectivity index (χ1n) is 6.58. The van der Waals surface area contributed by atoms with Crippen LogP contribution < -0.4 is 5.73 Å². The lowest BCUT2D eigenvalue weighted by Gasteiger charge is -2.32. The number of halogens is 1. The first kappa shape index (κ1) is 16.0. The molecule has 0 saturated heterocycles. The van der Waals surface area contributed by atoms with E-state index < -0.39 is 0 Å². The van der Waals surface area contributed by atoms with Gasteiger partial charge in [0.05, 0.1) is 13.0 Å². The van der Waals surface area contributed by atoms with Gasteiger partial charge in [0.1, 0.15) is 0 Å². The van der Waals surface area contributed by atoms with E-state index in [0.717, 1.165) is 25.7 Å². The lowest BCUT2D eigenvalue weighted by atomic mass is 9.76. The van der Waals surface area contributed by atoms with Gasteiger partial charge in [-0.05, 0) is 37.2 Å². The Hall–Kier alpha value is -1.06. The summed E-state index contributed by atoms with van der Waals surface area (Å²) in [6, 6.07) is 10.5. The molecule has 0 radical (unpaired) electrons. The number of hydrogen-bond acceptors (Lipinski definition) is 3. The maximum atomic E-state index is 11.5. The second-order valence-electron chi connectivity index (χ2n) is 5.15.